The Bertz CT molecular complexity index is 2230. The smallest absolute Gasteiger partial charge is 0.306 e. The van der Waals surface area contributed by atoms with Gasteiger partial charge in [0, 0.05) is 50.1 Å². The number of carbonyl (C=O) groups excluding carboxylic acids is 2. The molecule has 354 valence electrons. The molecule has 20 heteroatoms. The van der Waals surface area contributed by atoms with Gasteiger partial charge in [-0.3, -0.25) is 19.2 Å². The van der Waals surface area contributed by atoms with Crippen molar-refractivity contribution < 1.29 is 58.6 Å². The predicted octanol–water partition coefficient (Wildman–Crippen LogP) is 4.61. The Morgan fingerprint density at radius 2 is 1.08 bits per heavy atom. The molecule has 2 aromatic heterocycles. The third kappa shape index (κ3) is 14.3. The van der Waals surface area contributed by atoms with E-state index in [9.17, 15) is 29.4 Å². The molecule has 6 rings (SSSR count). The predicted molar refractivity (Wildman–Crippen MR) is 247 cm³/mol. The summed E-state index contributed by atoms with van der Waals surface area (Å²) in [5.74, 6) is -1.16. The Kier molecular flexibility index (Phi) is 18.1. The van der Waals surface area contributed by atoms with Crippen molar-refractivity contribution in [2.24, 2.45) is 0 Å². The molecule has 0 spiro atoms. The van der Waals surface area contributed by atoms with Crippen LogP contribution in [-0.4, -0.2) is 105 Å². The summed E-state index contributed by atoms with van der Waals surface area (Å²) >= 11 is 7.17. The summed E-state index contributed by atoms with van der Waals surface area (Å²) < 4.78 is 25.9. The minimum atomic E-state index is -1.10. The van der Waals surface area contributed by atoms with E-state index in [0.29, 0.717) is 45.8 Å². The molecule has 2 aliphatic rings. The quantitative estimate of drug-likeness (QED) is 0.0451. The number of aliphatic hydroxyl groups is 2. The van der Waals surface area contributed by atoms with Crippen molar-refractivity contribution in [3.63, 3.8) is 0 Å². The molecule has 2 amide bonds. The van der Waals surface area contributed by atoms with E-state index in [1.54, 1.807) is 12.1 Å². The molecule has 2 saturated heterocycles. The van der Waals surface area contributed by atoms with Crippen LogP contribution in [0.5, 0.6) is 23.5 Å². The number of carboxylic acids is 2. The molecule has 0 aliphatic carbocycles. The monoisotopic (exact) mass is 1040 g/mol. The van der Waals surface area contributed by atoms with Gasteiger partial charge >= 0.3 is 11.9 Å². The van der Waals surface area contributed by atoms with Gasteiger partial charge in [-0.1, -0.05) is 36.4 Å². The lowest BCUT2D eigenvalue weighted by Gasteiger charge is -2.19. The number of hydrogen-bond acceptors (Lipinski definition) is 14. The van der Waals surface area contributed by atoms with Crippen molar-refractivity contribution >= 4 is 55.6 Å². The van der Waals surface area contributed by atoms with Crippen LogP contribution in [0, 0.1) is 13.8 Å². The zero-order valence-corrected chi connectivity index (χ0v) is 39.7. The Balaban J connectivity index is 1.15. The van der Waals surface area contributed by atoms with E-state index in [2.05, 4.69) is 53.1 Å². The third-order valence-electron chi connectivity index (χ3n) is 11.1. The molecule has 4 atom stereocenters. The summed E-state index contributed by atoms with van der Waals surface area (Å²) in [6.45, 7) is 5.33. The summed E-state index contributed by atoms with van der Waals surface area (Å²) in [7, 11) is 0. The number of halogens is 2. The molecule has 0 unspecified atom stereocenters. The lowest BCUT2D eigenvalue weighted by atomic mass is 9.92. The fourth-order valence-electron chi connectivity index (χ4n) is 7.51. The highest BCUT2D eigenvalue weighted by Crippen LogP contribution is 2.35. The molecular weight excluding hydrogens is 988 g/mol. The number of pyridine rings is 2. The first-order valence-electron chi connectivity index (χ1n) is 21.5. The van der Waals surface area contributed by atoms with E-state index < -0.39 is 37.0 Å². The number of carbonyl (C=O) groups is 4. The van der Waals surface area contributed by atoms with Gasteiger partial charge < -0.3 is 60.6 Å². The Labute approximate surface area is 398 Å². The Morgan fingerprint density at radius 3 is 1.44 bits per heavy atom. The molecule has 4 aromatic rings. The molecule has 18 nitrogen and oxygen atoms in total. The second-order valence-corrected chi connectivity index (χ2v) is 17.9. The normalized spacial score (nSPS) is 16.6. The summed E-state index contributed by atoms with van der Waals surface area (Å²) in [5.41, 5.74) is 7.10. The number of nitrogens with one attached hydrogen (secondary N) is 4. The third-order valence-corrected chi connectivity index (χ3v) is 12.2. The van der Waals surface area contributed by atoms with E-state index in [0.717, 1.165) is 33.4 Å². The number of amides is 2. The molecule has 66 heavy (non-hydrogen) atoms. The van der Waals surface area contributed by atoms with Crippen LogP contribution in [0.3, 0.4) is 0 Å². The standard InChI is InChI=1S/C46H54Br2N6O12/c1-25-27(21-63-45-37(47)13-29(17-49-19-33(55)15-41(59)60)43(53-45)65-23-31-9-11-39(57)51-31)5-3-7-35(25)36-8-4-6-28(26(36)2)22-64-46-38(48)14-30(18-50-20-34(56)16-42(61)62)44(54-46)66-24-32-10-12-40(58)52-32/h3-8,13-14,31-34,49-50,55-56H,9-12,15-24H2,1-2H3,(H,51,57)(H,52,58)(H,59,60)(H,61,62)/t31-,32-,33-,34-/m0/s1. The van der Waals surface area contributed by atoms with Crippen LogP contribution in [0.1, 0.15) is 71.9 Å². The second kappa shape index (κ2) is 23.9. The molecule has 0 radical (unpaired) electrons. The van der Waals surface area contributed by atoms with Gasteiger partial charge in [0.2, 0.25) is 35.3 Å². The van der Waals surface area contributed by atoms with Crippen molar-refractivity contribution in [1.29, 1.82) is 0 Å². The lowest BCUT2D eigenvalue weighted by Crippen LogP contribution is -2.31. The number of nitrogens with zero attached hydrogens (tertiary/aromatic N) is 2. The van der Waals surface area contributed by atoms with Crippen LogP contribution >= 0.6 is 31.9 Å². The van der Waals surface area contributed by atoms with E-state index in [-0.39, 0.29) is 100 Å². The summed E-state index contributed by atoms with van der Waals surface area (Å²) in [4.78, 5) is 55.0. The minimum Gasteiger partial charge on any atom is -0.481 e. The number of aliphatic carboxylic acids is 2. The highest BCUT2D eigenvalue weighted by atomic mass is 79.9. The number of aliphatic hydroxyl groups excluding tert-OH is 2. The van der Waals surface area contributed by atoms with Gasteiger partial charge in [-0.05, 0) is 104 Å². The fourth-order valence-corrected chi connectivity index (χ4v) is 8.47. The van der Waals surface area contributed by atoms with Crippen LogP contribution in [0.15, 0.2) is 57.5 Å². The average Bonchev–Trinajstić information content (AvgIpc) is 3.89. The first-order valence-corrected chi connectivity index (χ1v) is 23.1. The van der Waals surface area contributed by atoms with Crippen LogP contribution < -0.4 is 40.2 Å². The maximum absolute atomic E-state index is 11.8. The zero-order valence-electron chi connectivity index (χ0n) is 36.5. The molecule has 8 N–H and O–H groups in total. The highest BCUT2D eigenvalue weighted by molar-refractivity contribution is 9.10. The fraction of sp³-hybridized carbons (Fsp3) is 0.435. The maximum atomic E-state index is 11.8. The van der Waals surface area contributed by atoms with Crippen molar-refractivity contribution in [2.75, 3.05) is 26.3 Å². The maximum Gasteiger partial charge on any atom is 0.306 e. The van der Waals surface area contributed by atoms with Crippen LogP contribution in [0.2, 0.25) is 0 Å². The zero-order chi connectivity index (χ0) is 47.3. The van der Waals surface area contributed by atoms with Crippen LogP contribution in [-0.2, 0) is 45.5 Å². The SMILES string of the molecule is Cc1c(COc2nc(OC[C@@H]3CCC(=O)N3)c(CNC[C@@H](O)CC(=O)O)cc2Br)cccc1-c1cccc(COc2nc(OC[C@@H]3CCC(=O)N3)c(CNC[C@@H](O)CC(=O)O)cc2Br)c1C. The number of carboxylic acid groups (broad SMARTS) is 2. The lowest BCUT2D eigenvalue weighted by molar-refractivity contribution is -0.140. The van der Waals surface area contributed by atoms with Crippen molar-refractivity contribution in [1.82, 2.24) is 31.2 Å². The van der Waals surface area contributed by atoms with Crippen LogP contribution in [0.4, 0.5) is 0 Å². The van der Waals surface area contributed by atoms with Gasteiger partial charge in [-0.2, -0.15) is 9.97 Å². The first kappa shape index (κ1) is 50.0. The van der Waals surface area contributed by atoms with Gasteiger partial charge in [-0.15, -0.1) is 0 Å². The summed E-state index contributed by atoms with van der Waals surface area (Å²) in [6.07, 6.45) is -0.836. The van der Waals surface area contributed by atoms with Crippen molar-refractivity contribution in [2.45, 2.75) is 103 Å². The number of ether oxygens (including phenoxy) is 4. The second-order valence-electron chi connectivity index (χ2n) is 16.2. The molecule has 2 fully saturated rings. The first-order chi connectivity index (χ1) is 31.6. The number of aromatic nitrogens is 2. The topological polar surface area (TPSA) is 260 Å². The number of benzene rings is 2. The Morgan fingerprint density at radius 1 is 0.667 bits per heavy atom. The minimum absolute atomic E-state index is 0.0399. The summed E-state index contributed by atoms with van der Waals surface area (Å²) in [6, 6.07) is 15.2. The van der Waals surface area contributed by atoms with E-state index in [1.807, 2.05) is 50.2 Å². The van der Waals surface area contributed by atoms with E-state index >= 15 is 0 Å². The number of rotatable bonds is 25. The van der Waals surface area contributed by atoms with Crippen molar-refractivity contribution in [3.05, 3.63) is 90.9 Å². The van der Waals surface area contributed by atoms with E-state index in [1.165, 1.54) is 0 Å². The molecule has 2 aromatic carbocycles. The largest absolute Gasteiger partial charge is 0.481 e. The van der Waals surface area contributed by atoms with Gasteiger partial charge in [0.05, 0.1) is 46.1 Å². The van der Waals surface area contributed by atoms with Gasteiger partial charge in [-0.25, -0.2) is 0 Å². The summed E-state index contributed by atoms with van der Waals surface area (Å²) in [5, 5.41) is 50.0. The van der Waals surface area contributed by atoms with Gasteiger partial charge in [0.25, 0.3) is 0 Å². The molecule has 4 heterocycles. The Hall–Kier alpha value is -5.38. The average molecular weight is 1040 g/mol. The molecule has 0 saturated carbocycles. The highest BCUT2D eigenvalue weighted by Gasteiger charge is 2.25. The molecule has 2 aliphatic heterocycles. The molecular formula is C46H54Br2N6O12. The number of hydrogen-bond donors (Lipinski definition) is 8. The van der Waals surface area contributed by atoms with Gasteiger partial charge in [0.1, 0.15) is 26.4 Å². The van der Waals surface area contributed by atoms with E-state index in [4.69, 9.17) is 39.1 Å². The van der Waals surface area contributed by atoms with Crippen LogP contribution in [0.25, 0.3) is 11.1 Å². The molecule has 0 bridgehead atoms. The van der Waals surface area contributed by atoms with Crippen molar-refractivity contribution in [3.8, 4) is 34.6 Å². The van der Waals surface area contributed by atoms with Gasteiger partial charge in [0.15, 0.2) is 0 Å².